The molecule has 0 heterocycles. The lowest BCUT2D eigenvalue weighted by molar-refractivity contribution is -0.126. The maximum Gasteiger partial charge on any atom is 0.174 e. The molecule has 0 saturated heterocycles. The normalized spacial score (nSPS) is 10.9. The van der Waals surface area contributed by atoms with E-state index < -0.39 is 0 Å². The van der Waals surface area contributed by atoms with E-state index in [1.807, 2.05) is 26.0 Å². The summed E-state index contributed by atoms with van der Waals surface area (Å²) in [5.74, 6) is 0. The lowest BCUT2D eigenvalue weighted by atomic mass is 10.1. The van der Waals surface area contributed by atoms with E-state index in [4.69, 9.17) is 14.2 Å². The molecule has 0 bridgehead atoms. The molecule has 1 aromatic rings. The largest absolute Gasteiger partial charge is 0.384 e. The second kappa shape index (κ2) is 9.78. The number of para-hydroxylation sites is 1. The summed E-state index contributed by atoms with van der Waals surface area (Å²) in [6.45, 7) is 6.61. The lowest BCUT2D eigenvalue weighted by Gasteiger charge is -2.19. The highest BCUT2D eigenvalue weighted by molar-refractivity contribution is 5.51. The van der Waals surface area contributed by atoms with Crippen molar-refractivity contribution in [1.82, 2.24) is 0 Å². The molecule has 0 amide bonds. The molecule has 0 unspecified atom stereocenters. The van der Waals surface area contributed by atoms with Crippen LogP contribution in [-0.4, -0.2) is 39.8 Å². The van der Waals surface area contributed by atoms with Gasteiger partial charge in [0.15, 0.2) is 6.29 Å². The Balaban J connectivity index is 2.54. The van der Waals surface area contributed by atoms with E-state index in [0.717, 1.165) is 18.7 Å². The number of methoxy groups -OCH3 is 1. The number of nitrogens with one attached hydrogen (secondary N) is 1. The molecule has 4 nitrogen and oxygen atoms in total. The highest BCUT2D eigenvalue weighted by Crippen LogP contribution is 2.16. The van der Waals surface area contributed by atoms with Crippen molar-refractivity contribution in [1.29, 1.82) is 0 Å². The molecule has 1 rings (SSSR count). The van der Waals surface area contributed by atoms with Gasteiger partial charge in [-0.1, -0.05) is 18.2 Å². The van der Waals surface area contributed by atoms with Crippen molar-refractivity contribution in [3.8, 4) is 0 Å². The van der Waals surface area contributed by atoms with Crippen LogP contribution in [0.5, 0.6) is 0 Å². The van der Waals surface area contributed by atoms with Gasteiger partial charge >= 0.3 is 0 Å². The Morgan fingerprint density at radius 1 is 1.11 bits per heavy atom. The predicted octanol–water partition coefficient (Wildman–Crippen LogP) is 2.69. The van der Waals surface area contributed by atoms with Crippen LogP contribution in [0.3, 0.4) is 0 Å². The van der Waals surface area contributed by atoms with Gasteiger partial charge in [-0.05, 0) is 31.9 Å². The van der Waals surface area contributed by atoms with Crippen molar-refractivity contribution < 1.29 is 14.2 Å². The first kappa shape index (κ1) is 16.0. The van der Waals surface area contributed by atoms with Gasteiger partial charge in [-0.25, -0.2) is 0 Å². The standard InChI is InChI=1S/C15H25NO3/c1-4-18-15(19-5-2)12-16-14-9-7-6-8-13(14)10-11-17-3/h6-9,15-16H,4-5,10-12H2,1-3H3. The third-order valence-corrected chi connectivity index (χ3v) is 2.76. The first-order chi connectivity index (χ1) is 9.31. The van der Waals surface area contributed by atoms with Crippen molar-refractivity contribution in [2.45, 2.75) is 26.6 Å². The number of hydrogen-bond donors (Lipinski definition) is 1. The SMILES string of the molecule is CCOC(CNc1ccccc1CCOC)OCC. The molecule has 0 atom stereocenters. The summed E-state index contributed by atoms with van der Waals surface area (Å²) in [5, 5.41) is 3.39. The summed E-state index contributed by atoms with van der Waals surface area (Å²) in [6.07, 6.45) is 0.693. The van der Waals surface area contributed by atoms with Crippen LogP contribution in [0.1, 0.15) is 19.4 Å². The molecule has 0 aromatic heterocycles. The number of hydrogen-bond acceptors (Lipinski definition) is 4. The van der Waals surface area contributed by atoms with Crippen molar-refractivity contribution >= 4 is 5.69 Å². The third-order valence-electron chi connectivity index (χ3n) is 2.76. The van der Waals surface area contributed by atoms with Gasteiger partial charge in [0.25, 0.3) is 0 Å². The Hall–Kier alpha value is -1.10. The van der Waals surface area contributed by atoms with Crippen molar-refractivity contribution in [2.75, 3.05) is 38.8 Å². The Kier molecular flexibility index (Phi) is 8.21. The van der Waals surface area contributed by atoms with Crippen molar-refractivity contribution in [3.05, 3.63) is 29.8 Å². The van der Waals surface area contributed by atoms with Crippen LogP contribution in [0.25, 0.3) is 0 Å². The molecule has 0 radical (unpaired) electrons. The summed E-state index contributed by atoms with van der Waals surface area (Å²) < 4.78 is 16.2. The Morgan fingerprint density at radius 2 is 1.79 bits per heavy atom. The van der Waals surface area contributed by atoms with E-state index in [0.29, 0.717) is 19.8 Å². The number of rotatable bonds is 10. The molecule has 0 aliphatic heterocycles. The lowest BCUT2D eigenvalue weighted by Crippen LogP contribution is -2.26. The highest BCUT2D eigenvalue weighted by atomic mass is 16.7. The minimum Gasteiger partial charge on any atom is -0.384 e. The summed E-state index contributed by atoms with van der Waals surface area (Å²) in [4.78, 5) is 0. The van der Waals surface area contributed by atoms with Gasteiger partial charge in [-0.2, -0.15) is 0 Å². The van der Waals surface area contributed by atoms with Crippen LogP contribution in [-0.2, 0) is 20.6 Å². The molecule has 0 fully saturated rings. The minimum atomic E-state index is -0.203. The maximum atomic E-state index is 5.52. The molecule has 0 aliphatic rings. The quantitative estimate of drug-likeness (QED) is 0.662. The van der Waals surface area contributed by atoms with Gasteiger partial charge in [0.1, 0.15) is 0 Å². The second-order valence-corrected chi connectivity index (χ2v) is 4.12. The van der Waals surface area contributed by atoms with E-state index in [1.54, 1.807) is 7.11 Å². The molecule has 4 heteroatoms. The van der Waals surface area contributed by atoms with Gasteiger partial charge in [0.2, 0.25) is 0 Å². The zero-order valence-electron chi connectivity index (χ0n) is 12.1. The first-order valence-corrected chi connectivity index (χ1v) is 6.85. The van der Waals surface area contributed by atoms with E-state index in [1.165, 1.54) is 5.56 Å². The Labute approximate surface area is 116 Å². The second-order valence-electron chi connectivity index (χ2n) is 4.12. The minimum absolute atomic E-state index is 0.203. The van der Waals surface area contributed by atoms with E-state index in [9.17, 15) is 0 Å². The van der Waals surface area contributed by atoms with Crippen LogP contribution in [0.4, 0.5) is 5.69 Å². The van der Waals surface area contributed by atoms with Gasteiger partial charge < -0.3 is 19.5 Å². The van der Waals surface area contributed by atoms with Crippen LogP contribution < -0.4 is 5.32 Å². The molecule has 19 heavy (non-hydrogen) atoms. The number of ether oxygens (including phenoxy) is 3. The molecular weight excluding hydrogens is 242 g/mol. The molecular formula is C15H25NO3. The zero-order valence-corrected chi connectivity index (χ0v) is 12.1. The number of benzene rings is 1. The summed E-state index contributed by atoms with van der Waals surface area (Å²) >= 11 is 0. The van der Waals surface area contributed by atoms with E-state index in [-0.39, 0.29) is 6.29 Å². The van der Waals surface area contributed by atoms with Crippen LogP contribution in [0, 0.1) is 0 Å². The monoisotopic (exact) mass is 267 g/mol. The van der Waals surface area contributed by atoms with Crippen molar-refractivity contribution in [3.63, 3.8) is 0 Å². The molecule has 1 aromatic carbocycles. The predicted molar refractivity (Wildman–Crippen MR) is 77.6 cm³/mol. The van der Waals surface area contributed by atoms with E-state index in [2.05, 4.69) is 17.4 Å². The zero-order chi connectivity index (χ0) is 13.9. The molecule has 1 N–H and O–H groups in total. The fraction of sp³-hybridized carbons (Fsp3) is 0.600. The third kappa shape index (κ3) is 6.05. The summed E-state index contributed by atoms with van der Waals surface area (Å²) in [5.41, 5.74) is 2.36. The van der Waals surface area contributed by atoms with Gasteiger partial charge in [-0.3, -0.25) is 0 Å². The van der Waals surface area contributed by atoms with Crippen molar-refractivity contribution in [2.24, 2.45) is 0 Å². The van der Waals surface area contributed by atoms with E-state index >= 15 is 0 Å². The van der Waals surface area contributed by atoms with Crippen LogP contribution in [0.2, 0.25) is 0 Å². The smallest absolute Gasteiger partial charge is 0.174 e. The van der Waals surface area contributed by atoms with Crippen LogP contribution >= 0.6 is 0 Å². The summed E-state index contributed by atoms with van der Waals surface area (Å²) in [6, 6.07) is 8.24. The fourth-order valence-corrected chi connectivity index (χ4v) is 1.85. The summed E-state index contributed by atoms with van der Waals surface area (Å²) in [7, 11) is 1.72. The Morgan fingerprint density at radius 3 is 2.42 bits per heavy atom. The number of anilines is 1. The van der Waals surface area contributed by atoms with Gasteiger partial charge in [0.05, 0.1) is 13.2 Å². The molecule has 0 saturated carbocycles. The highest BCUT2D eigenvalue weighted by Gasteiger charge is 2.08. The first-order valence-electron chi connectivity index (χ1n) is 6.85. The molecule has 108 valence electrons. The average Bonchev–Trinajstić information content (AvgIpc) is 2.44. The molecule has 0 aliphatic carbocycles. The Bertz CT molecular complexity index is 338. The molecule has 0 spiro atoms. The van der Waals surface area contributed by atoms with Crippen LogP contribution in [0.15, 0.2) is 24.3 Å². The van der Waals surface area contributed by atoms with Gasteiger partial charge in [-0.15, -0.1) is 0 Å². The average molecular weight is 267 g/mol. The topological polar surface area (TPSA) is 39.7 Å². The van der Waals surface area contributed by atoms with Gasteiger partial charge in [0, 0.05) is 26.0 Å². The maximum absolute atomic E-state index is 5.52. The fourth-order valence-electron chi connectivity index (χ4n) is 1.85.